The van der Waals surface area contributed by atoms with Crippen molar-refractivity contribution in [3.63, 3.8) is 0 Å². The molecule has 0 saturated carbocycles. The summed E-state index contributed by atoms with van der Waals surface area (Å²) >= 11 is 1.85. The van der Waals surface area contributed by atoms with E-state index < -0.39 is 0 Å². The maximum absolute atomic E-state index is 5.60. The van der Waals surface area contributed by atoms with Crippen molar-refractivity contribution >= 4 is 11.3 Å². The number of hydrogen-bond acceptors (Lipinski definition) is 3. The summed E-state index contributed by atoms with van der Waals surface area (Å²) in [6.07, 6.45) is 3.94. The van der Waals surface area contributed by atoms with E-state index in [2.05, 4.69) is 36.7 Å². The zero-order valence-electron chi connectivity index (χ0n) is 10.1. The highest BCUT2D eigenvalue weighted by Crippen LogP contribution is 2.26. The highest BCUT2D eigenvalue weighted by molar-refractivity contribution is 7.10. The smallest absolute Gasteiger partial charge is 0.0700 e. The molecule has 1 saturated heterocycles. The summed E-state index contributed by atoms with van der Waals surface area (Å²) in [6.45, 7) is 5.32. The second kappa shape index (κ2) is 5.80. The fraction of sp³-hybridized carbons (Fsp3) is 0.692. The summed E-state index contributed by atoms with van der Waals surface area (Å²) in [4.78, 5) is 1.46. The molecule has 3 unspecified atom stereocenters. The van der Waals surface area contributed by atoms with Crippen LogP contribution in [0, 0.1) is 0 Å². The van der Waals surface area contributed by atoms with Gasteiger partial charge in [-0.05, 0) is 31.2 Å². The van der Waals surface area contributed by atoms with Crippen LogP contribution in [0.15, 0.2) is 17.5 Å². The Morgan fingerprint density at radius 3 is 3.06 bits per heavy atom. The van der Waals surface area contributed by atoms with Gasteiger partial charge in [0.15, 0.2) is 0 Å². The van der Waals surface area contributed by atoms with Crippen molar-refractivity contribution in [1.82, 2.24) is 5.32 Å². The molecule has 0 aliphatic carbocycles. The van der Waals surface area contributed by atoms with Crippen LogP contribution in [-0.4, -0.2) is 18.8 Å². The van der Waals surface area contributed by atoms with Crippen molar-refractivity contribution in [2.24, 2.45) is 0 Å². The first-order chi connectivity index (χ1) is 7.81. The first-order valence-corrected chi connectivity index (χ1v) is 7.10. The number of thiophene rings is 1. The van der Waals surface area contributed by atoms with Crippen molar-refractivity contribution in [2.75, 3.05) is 6.61 Å². The fourth-order valence-electron chi connectivity index (χ4n) is 2.29. The third kappa shape index (κ3) is 2.84. The summed E-state index contributed by atoms with van der Waals surface area (Å²) in [7, 11) is 0. The van der Waals surface area contributed by atoms with Gasteiger partial charge < -0.3 is 10.1 Å². The lowest BCUT2D eigenvalue weighted by molar-refractivity contribution is 0.110. The molecule has 0 aromatic carbocycles. The maximum Gasteiger partial charge on any atom is 0.0700 e. The Balaban J connectivity index is 1.97. The van der Waals surface area contributed by atoms with Crippen molar-refractivity contribution in [1.29, 1.82) is 0 Å². The maximum atomic E-state index is 5.60. The zero-order chi connectivity index (χ0) is 11.4. The molecule has 0 amide bonds. The van der Waals surface area contributed by atoms with Gasteiger partial charge in [0.2, 0.25) is 0 Å². The van der Waals surface area contributed by atoms with Crippen molar-refractivity contribution in [2.45, 2.75) is 51.3 Å². The SMILES string of the molecule is CCCC(NC1CCOC1C)c1cccs1. The number of ether oxygens (including phenoxy) is 1. The first-order valence-electron chi connectivity index (χ1n) is 6.22. The first kappa shape index (κ1) is 12.1. The lowest BCUT2D eigenvalue weighted by Gasteiger charge is -2.23. The van der Waals surface area contributed by atoms with Crippen LogP contribution in [0.5, 0.6) is 0 Å². The molecule has 1 aromatic heterocycles. The Morgan fingerprint density at radius 1 is 1.62 bits per heavy atom. The van der Waals surface area contributed by atoms with E-state index in [-0.39, 0.29) is 0 Å². The van der Waals surface area contributed by atoms with Crippen molar-refractivity contribution < 1.29 is 4.74 Å². The monoisotopic (exact) mass is 239 g/mol. The van der Waals surface area contributed by atoms with E-state index in [0.717, 1.165) is 13.0 Å². The van der Waals surface area contributed by atoms with Crippen LogP contribution < -0.4 is 5.32 Å². The molecular weight excluding hydrogens is 218 g/mol. The third-order valence-corrected chi connectivity index (χ3v) is 4.24. The van der Waals surface area contributed by atoms with Gasteiger partial charge in [0.1, 0.15) is 0 Å². The van der Waals surface area contributed by atoms with Gasteiger partial charge in [0.25, 0.3) is 0 Å². The topological polar surface area (TPSA) is 21.3 Å². The minimum Gasteiger partial charge on any atom is -0.377 e. The molecule has 1 aromatic rings. The molecule has 3 heteroatoms. The Kier molecular flexibility index (Phi) is 4.38. The van der Waals surface area contributed by atoms with Crippen LogP contribution in [0.4, 0.5) is 0 Å². The van der Waals surface area contributed by atoms with E-state index in [1.165, 1.54) is 17.7 Å². The Hall–Kier alpha value is -0.380. The highest BCUT2D eigenvalue weighted by atomic mass is 32.1. The molecule has 1 aliphatic rings. The van der Waals surface area contributed by atoms with Crippen LogP contribution in [0.1, 0.15) is 44.0 Å². The predicted molar refractivity (Wildman–Crippen MR) is 68.9 cm³/mol. The molecule has 0 bridgehead atoms. The molecule has 0 spiro atoms. The fourth-order valence-corrected chi connectivity index (χ4v) is 3.12. The molecule has 90 valence electrons. The quantitative estimate of drug-likeness (QED) is 0.850. The largest absolute Gasteiger partial charge is 0.377 e. The van der Waals surface area contributed by atoms with Gasteiger partial charge in [-0.15, -0.1) is 11.3 Å². The summed E-state index contributed by atoms with van der Waals surface area (Å²) in [5.41, 5.74) is 0. The lowest BCUT2D eigenvalue weighted by atomic mass is 10.1. The van der Waals surface area contributed by atoms with Gasteiger partial charge in [0.05, 0.1) is 6.10 Å². The molecule has 16 heavy (non-hydrogen) atoms. The molecule has 3 atom stereocenters. The van der Waals surface area contributed by atoms with E-state index >= 15 is 0 Å². The molecule has 2 rings (SSSR count). The highest BCUT2D eigenvalue weighted by Gasteiger charge is 2.26. The van der Waals surface area contributed by atoms with Crippen molar-refractivity contribution in [3.05, 3.63) is 22.4 Å². The van der Waals surface area contributed by atoms with Crippen LogP contribution in [-0.2, 0) is 4.74 Å². The summed E-state index contributed by atoms with van der Waals surface area (Å²) in [5, 5.41) is 5.92. The average Bonchev–Trinajstić information content (AvgIpc) is 2.90. The minimum absolute atomic E-state index is 0.360. The van der Waals surface area contributed by atoms with Crippen LogP contribution in [0.2, 0.25) is 0 Å². The molecule has 0 radical (unpaired) electrons. The van der Waals surface area contributed by atoms with Gasteiger partial charge in [-0.25, -0.2) is 0 Å². The standard InChI is InChI=1S/C13H21NOS/c1-3-5-12(13-6-4-9-16-13)14-11-7-8-15-10(11)2/h4,6,9-12,14H,3,5,7-8H2,1-2H3. The minimum atomic E-state index is 0.360. The Morgan fingerprint density at radius 2 is 2.50 bits per heavy atom. The second-order valence-electron chi connectivity index (χ2n) is 4.49. The van der Waals surface area contributed by atoms with Gasteiger partial charge in [-0.2, -0.15) is 0 Å². The Labute approximate surface area is 102 Å². The molecule has 1 fully saturated rings. The van der Waals surface area contributed by atoms with Gasteiger partial charge in [-0.3, -0.25) is 0 Å². The molecule has 1 aliphatic heterocycles. The second-order valence-corrected chi connectivity index (χ2v) is 5.47. The average molecular weight is 239 g/mol. The number of nitrogens with one attached hydrogen (secondary N) is 1. The van der Waals surface area contributed by atoms with E-state index in [1.54, 1.807) is 0 Å². The van der Waals surface area contributed by atoms with Gasteiger partial charge >= 0.3 is 0 Å². The lowest BCUT2D eigenvalue weighted by Crippen LogP contribution is -2.37. The van der Waals surface area contributed by atoms with Gasteiger partial charge in [0, 0.05) is 23.6 Å². The normalized spacial score (nSPS) is 27.1. The Bertz CT molecular complexity index is 299. The number of rotatable bonds is 5. The van der Waals surface area contributed by atoms with Crippen LogP contribution in [0.3, 0.4) is 0 Å². The van der Waals surface area contributed by atoms with E-state index in [0.29, 0.717) is 18.2 Å². The number of hydrogen-bond donors (Lipinski definition) is 1. The van der Waals surface area contributed by atoms with E-state index in [4.69, 9.17) is 4.74 Å². The summed E-state index contributed by atoms with van der Waals surface area (Å²) in [5.74, 6) is 0. The van der Waals surface area contributed by atoms with Crippen molar-refractivity contribution in [3.8, 4) is 0 Å². The predicted octanol–water partition coefficient (Wildman–Crippen LogP) is 3.36. The summed E-state index contributed by atoms with van der Waals surface area (Å²) < 4.78 is 5.60. The summed E-state index contributed by atoms with van der Waals surface area (Å²) in [6, 6.07) is 5.41. The zero-order valence-corrected chi connectivity index (χ0v) is 10.9. The van der Waals surface area contributed by atoms with Crippen LogP contribution in [0.25, 0.3) is 0 Å². The molecular formula is C13H21NOS. The molecule has 2 heterocycles. The molecule has 1 N–H and O–H groups in total. The van der Waals surface area contributed by atoms with E-state index in [9.17, 15) is 0 Å². The van der Waals surface area contributed by atoms with Crippen LogP contribution >= 0.6 is 11.3 Å². The molecule has 2 nitrogen and oxygen atoms in total. The van der Waals surface area contributed by atoms with E-state index in [1.807, 2.05) is 11.3 Å². The third-order valence-electron chi connectivity index (χ3n) is 3.26. The van der Waals surface area contributed by atoms with Gasteiger partial charge in [-0.1, -0.05) is 19.4 Å².